The van der Waals surface area contributed by atoms with Crippen LogP contribution in [0.15, 0.2) is 100 Å². The lowest BCUT2D eigenvalue weighted by molar-refractivity contribution is -0.152. The van der Waals surface area contributed by atoms with Crippen LogP contribution in [0.3, 0.4) is 0 Å². The number of nitrogens with zero attached hydrogens (tertiary/aromatic N) is 7. The van der Waals surface area contributed by atoms with E-state index in [-0.39, 0.29) is 28.1 Å². The van der Waals surface area contributed by atoms with E-state index in [1.165, 1.54) is 72.7 Å². The Bertz CT molecular complexity index is 2860. The second kappa shape index (κ2) is 17.0. The number of halogens is 2. The fourth-order valence-electron chi connectivity index (χ4n) is 7.24. The molecule has 1 aliphatic heterocycles. The van der Waals surface area contributed by atoms with Crippen molar-refractivity contribution in [2.45, 2.75) is 62.0 Å². The van der Waals surface area contributed by atoms with Crippen molar-refractivity contribution in [2.75, 3.05) is 22.7 Å². The van der Waals surface area contributed by atoms with Gasteiger partial charge in [-0.05, 0) is 74.1 Å². The van der Waals surface area contributed by atoms with E-state index in [9.17, 15) is 27.6 Å². The molecule has 0 unspecified atom stereocenters. The van der Waals surface area contributed by atoms with E-state index in [1.807, 2.05) is 9.62 Å². The zero-order valence-electron chi connectivity index (χ0n) is 32.8. The number of aromatic nitrogens is 6. The highest BCUT2D eigenvalue weighted by atomic mass is 32.2. The highest BCUT2D eigenvalue weighted by Crippen LogP contribution is 2.27. The summed E-state index contributed by atoms with van der Waals surface area (Å²) in [6, 6.07) is 9.72. The number of benzene rings is 2. The Kier molecular flexibility index (Phi) is 11.4. The van der Waals surface area contributed by atoms with E-state index in [0.29, 0.717) is 47.6 Å². The van der Waals surface area contributed by atoms with Gasteiger partial charge in [0.15, 0.2) is 0 Å². The summed E-state index contributed by atoms with van der Waals surface area (Å²) in [6.07, 6.45) is 11.7. The number of aryl methyl sites for hydroxylation is 1. The number of ether oxygens (including phenoxy) is 1. The van der Waals surface area contributed by atoms with E-state index >= 15 is 8.78 Å². The minimum Gasteiger partial charge on any atom is -0.461 e. The Morgan fingerprint density at radius 2 is 1.61 bits per heavy atom. The Hall–Kier alpha value is -6.89. The third-order valence-electron chi connectivity index (χ3n) is 10.8. The van der Waals surface area contributed by atoms with Gasteiger partial charge in [-0.1, -0.05) is 18.6 Å². The van der Waals surface area contributed by atoms with Crippen molar-refractivity contribution < 1.29 is 31.5 Å². The number of carbonyl (C=O) groups is 2. The molecule has 2 fully saturated rings. The maximum absolute atomic E-state index is 15.6. The average molecular weight is 852 g/mol. The fourth-order valence-corrected chi connectivity index (χ4v) is 8.30. The van der Waals surface area contributed by atoms with Gasteiger partial charge < -0.3 is 15.0 Å². The molecule has 314 valence electrons. The van der Waals surface area contributed by atoms with E-state index in [1.54, 1.807) is 12.4 Å². The van der Waals surface area contributed by atoms with Gasteiger partial charge in [-0.3, -0.25) is 28.8 Å². The molecule has 19 heteroatoms. The van der Waals surface area contributed by atoms with E-state index in [2.05, 4.69) is 25.3 Å². The summed E-state index contributed by atoms with van der Waals surface area (Å²) in [5.41, 5.74) is -0.758. The number of fused-ring (bicyclic) bond motifs is 1. The first-order chi connectivity index (χ1) is 29.4. The molecule has 8 rings (SSSR count). The molecule has 2 aliphatic rings. The van der Waals surface area contributed by atoms with Crippen LogP contribution in [0.5, 0.6) is 0 Å². The molecule has 6 aromatic rings. The number of esters is 1. The fraction of sp³-hybridized carbons (Fsp3) is 0.286. The zero-order chi connectivity index (χ0) is 42.8. The third-order valence-corrected chi connectivity index (χ3v) is 12.2. The zero-order valence-corrected chi connectivity index (χ0v) is 33.6. The van der Waals surface area contributed by atoms with Gasteiger partial charge in [-0.15, -0.1) is 0 Å². The number of pyridine rings is 2. The molecule has 0 bridgehead atoms. The van der Waals surface area contributed by atoms with Gasteiger partial charge in [0.05, 0.1) is 45.1 Å². The molecule has 4 aromatic heterocycles. The first kappa shape index (κ1) is 40.9. The first-order valence-corrected chi connectivity index (χ1v) is 21.1. The van der Waals surface area contributed by atoms with Gasteiger partial charge in [0.25, 0.3) is 21.5 Å². The van der Waals surface area contributed by atoms with Crippen LogP contribution >= 0.6 is 0 Å². The second-order valence-electron chi connectivity index (χ2n) is 14.9. The summed E-state index contributed by atoms with van der Waals surface area (Å²) in [4.78, 5) is 72.4. The van der Waals surface area contributed by atoms with Crippen molar-refractivity contribution in [3.63, 3.8) is 0 Å². The van der Waals surface area contributed by atoms with Gasteiger partial charge >= 0.3 is 11.7 Å². The normalized spacial score (nSPS) is 14.9. The van der Waals surface area contributed by atoms with Crippen molar-refractivity contribution in [3.05, 3.63) is 129 Å². The lowest BCUT2D eigenvalue weighted by atomic mass is 9.97. The molecule has 2 N–H and O–H groups in total. The molecular weight excluding hydrogens is 813 g/mol. The van der Waals surface area contributed by atoms with Crippen LogP contribution in [0.2, 0.25) is 0 Å². The van der Waals surface area contributed by atoms with Crippen molar-refractivity contribution in [3.8, 4) is 16.8 Å². The van der Waals surface area contributed by atoms with Crippen molar-refractivity contribution in [1.82, 2.24) is 34.4 Å². The number of nitrogens with one attached hydrogen (secondary N) is 2. The van der Waals surface area contributed by atoms with Crippen LogP contribution in [-0.4, -0.2) is 74.6 Å². The molecule has 5 heterocycles. The SMILES string of the molecule is Cn1c(=O)n(-c2ccc(C[C@H](NC(=O)c3cc(F)c(NS(=O)(=O)c4ccc(-c5cnc(N6CCC6)nc5)cc4)cc3F)C(=O)OC3CCCCC3)nc2)c(=O)c2ccncc21. The molecule has 1 atom stereocenters. The highest BCUT2D eigenvalue weighted by Gasteiger charge is 2.30. The van der Waals surface area contributed by atoms with Crippen molar-refractivity contribution in [2.24, 2.45) is 7.05 Å². The topological polar surface area (TPSA) is 200 Å². The molecule has 1 saturated carbocycles. The number of sulfonamides is 1. The summed E-state index contributed by atoms with van der Waals surface area (Å²) in [5, 5.41) is 2.69. The molecule has 16 nitrogen and oxygen atoms in total. The van der Waals surface area contributed by atoms with Crippen LogP contribution < -0.4 is 26.2 Å². The largest absolute Gasteiger partial charge is 0.461 e. The van der Waals surface area contributed by atoms with Crippen LogP contribution in [0.1, 0.15) is 54.6 Å². The number of carbonyl (C=O) groups excluding carboxylic acids is 2. The lowest BCUT2D eigenvalue weighted by Crippen LogP contribution is -2.45. The highest BCUT2D eigenvalue weighted by molar-refractivity contribution is 7.92. The summed E-state index contributed by atoms with van der Waals surface area (Å²) in [6.45, 7) is 1.77. The molecule has 1 amide bonds. The average Bonchev–Trinajstić information content (AvgIpc) is 3.24. The molecule has 0 spiro atoms. The lowest BCUT2D eigenvalue weighted by Gasteiger charge is -2.30. The quantitative estimate of drug-likeness (QED) is 0.164. The number of anilines is 2. The van der Waals surface area contributed by atoms with Crippen molar-refractivity contribution in [1.29, 1.82) is 0 Å². The van der Waals surface area contributed by atoms with E-state index in [4.69, 9.17) is 4.74 Å². The van der Waals surface area contributed by atoms with Gasteiger partial charge in [0.1, 0.15) is 23.8 Å². The van der Waals surface area contributed by atoms with Gasteiger partial charge in [-0.2, -0.15) is 0 Å². The van der Waals surface area contributed by atoms with Crippen LogP contribution in [0, 0.1) is 11.6 Å². The molecule has 61 heavy (non-hydrogen) atoms. The number of hydrogen-bond donors (Lipinski definition) is 2. The summed E-state index contributed by atoms with van der Waals surface area (Å²) < 4.78 is 67.6. The maximum atomic E-state index is 15.6. The summed E-state index contributed by atoms with van der Waals surface area (Å²) in [5.74, 6) is -3.91. The molecule has 1 aliphatic carbocycles. The predicted octanol–water partition coefficient (Wildman–Crippen LogP) is 4.44. The Morgan fingerprint density at radius 3 is 2.28 bits per heavy atom. The summed E-state index contributed by atoms with van der Waals surface area (Å²) in [7, 11) is -2.92. The van der Waals surface area contributed by atoms with E-state index < -0.39 is 68.2 Å². The second-order valence-corrected chi connectivity index (χ2v) is 16.5. The Morgan fingerprint density at radius 1 is 0.869 bits per heavy atom. The van der Waals surface area contributed by atoms with Crippen molar-refractivity contribution >= 4 is 44.4 Å². The molecule has 0 radical (unpaired) electrons. The smallest absolute Gasteiger partial charge is 0.335 e. The van der Waals surface area contributed by atoms with E-state index in [0.717, 1.165) is 43.3 Å². The first-order valence-electron chi connectivity index (χ1n) is 19.6. The monoisotopic (exact) mass is 851 g/mol. The van der Waals surface area contributed by atoms with Gasteiger partial charge in [0, 0.05) is 62.5 Å². The van der Waals surface area contributed by atoms with Gasteiger partial charge in [-0.25, -0.2) is 41.3 Å². The minimum atomic E-state index is -4.42. The Balaban J connectivity index is 0.987. The minimum absolute atomic E-state index is 0.141. The standard InChI is InChI=1S/C42H39F2N9O7S/c1-51-37-24-45-15-14-31(37)39(55)53(42(51)57)28-11-10-27(46-23-28)18-36(40(56)60-29-6-3-2-4-7-29)49-38(54)32-19-34(44)35(20-33(32)43)50-61(58,59)30-12-8-25(9-13-30)26-21-47-41(48-22-26)52-16-5-17-52/h8-15,19-24,29,36,50H,2-7,16-18H2,1H3,(H,49,54)/t36-/m0/s1. The van der Waals surface area contributed by atoms with Crippen LogP contribution in [0.25, 0.3) is 27.7 Å². The predicted molar refractivity (Wildman–Crippen MR) is 220 cm³/mol. The Labute approximate surface area is 347 Å². The number of hydrogen-bond acceptors (Lipinski definition) is 12. The van der Waals surface area contributed by atoms with Crippen LogP contribution in [0.4, 0.5) is 20.4 Å². The summed E-state index contributed by atoms with van der Waals surface area (Å²) >= 11 is 0. The molecular formula is C42H39F2N9O7S. The molecule has 2 aromatic carbocycles. The third kappa shape index (κ3) is 8.59. The number of amides is 1. The van der Waals surface area contributed by atoms with Crippen LogP contribution in [-0.2, 0) is 33.0 Å². The van der Waals surface area contributed by atoms with Gasteiger partial charge in [0.2, 0.25) is 5.95 Å². The maximum Gasteiger partial charge on any atom is 0.335 e. The number of rotatable bonds is 12. The molecule has 1 saturated heterocycles.